The van der Waals surface area contributed by atoms with Gasteiger partial charge in [-0.05, 0) is 43.7 Å². The number of aromatic nitrogens is 1. The third-order valence-corrected chi connectivity index (χ3v) is 5.45. The van der Waals surface area contributed by atoms with Gasteiger partial charge in [-0.25, -0.2) is 24.0 Å². The number of cyclic esters (lactones) is 1. The number of nitrogens with zero attached hydrogens (tertiary/aromatic N) is 5. The van der Waals surface area contributed by atoms with Gasteiger partial charge in [-0.2, -0.15) is 5.10 Å². The first-order valence-electron chi connectivity index (χ1n) is 10.4. The number of benzene rings is 1. The molecule has 1 saturated heterocycles. The zero-order valence-electron chi connectivity index (χ0n) is 18.0. The smallest absolute Gasteiger partial charge is 0.414 e. The molecule has 33 heavy (non-hydrogen) atoms. The maximum Gasteiger partial charge on any atom is 0.414 e. The number of rotatable bonds is 6. The molecule has 1 aromatic carbocycles. The Morgan fingerprint density at radius 3 is 2.67 bits per heavy atom. The van der Waals surface area contributed by atoms with Crippen molar-refractivity contribution >= 4 is 35.8 Å². The van der Waals surface area contributed by atoms with Crippen LogP contribution in [0.2, 0.25) is 0 Å². The van der Waals surface area contributed by atoms with Crippen LogP contribution in [0.3, 0.4) is 0 Å². The zero-order chi connectivity index (χ0) is 23.5. The van der Waals surface area contributed by atoms with Crippen molar-refractivity contribution in [3.8, 4) is 11.1 Å². The van der Waals surface area contributed by atoms with Gasteiger partial charge in [-0.3, -0.25) is 4.90 Å². The second-order valence-corrected chi connectivity index (χ2v) is 7.81. The van der Waals surface area contributed by atoms with Gasteiger partial charge in [0.2, 0.25) is 0 Å². The topological polar surface area (TPSA) is 121 Å². The largest absolute Gasteiger partial charge is 0.444 e. The van der Waals surface area contributed by atoms with E-state index in [1.54, 1.807) is 35.4 Å². The minimum Gasteiger partial charge on any atom is -0.444 e. The van der Waals surface area contributed by atoms with Crippen molar-refractivity contribution in [1.29, 1.82) is 0 Å². The van der Waals surface area contributed by atoms with Gasteiger partial charge in [0.15, 0.2) is 0 Å². The zero-order valence-corrected chi connectivity index (χ0v) is 18.0. The van der Waals surface area contributed by atoms with Gasteiger partial charge in [-0.15, -0.1) is 0 Å². The van der Waals surface area contributed by atoms with E-state index in [-0.39, 0.29) is 12.3 Å². The van der Waals surface area contributed by atoms with Crippen LogP contribution in [0.15, 0.2) is 41.6 Å². The number of Topliss-reactive ketones (excluding diaryl/α,β-unsaturated/α-hetero) is 1. The molecule has 0 saturated carbocycles. The van der Waals surface area contributed by atoms with Crippen LogP contribution in [0.4, 0.5) is 25.5 Å². The lowest BCUT2D eigenvalue weighted by Gasteiger charge is -2.26. The molecule has 2 aromatic rings. The van der Waals surface area contributed by atoms with Crippen molar-refractivity contribution in [2.24, 2.45) is 10.8 Å². The van der Waals surface area contributed by atoms with Gasteiger partial charge in [-0.1, -0.05) is 0 Å². The Morgan fingerprint density at radius 2 is 2.06 bits per heavy atom. The van der Waals surface area contributed by atoms with Crippen molar-refractivity contribution < 1.29 is 23.5 Å². The molecule has 0 bridgehead atoms. The lowest BCUT2D eigenvalue weighted by Crippen LogP contribution is -2.43. The van der Waals surface area contributed by atoms with E-state index < -0.39 is 24.0 Å². The monoisotopic (exact) mass is 454 g/mol. The van der Waals surface area contributed by atoms with Crippen molar-refractivity contribution in [2.75, 3.05) is 29.4 Å². The van der Waals surface area contributed by atoms with Crippen LogP contribution in [0.25, 0.3) is 11.1 Å². The number of hydrogen-bond donors (Lipinski definition) is 1. The van der Waals surface area contributed by atoms with E-state index >= 15 is 0 Å². The highest BCUT2D eigenvalue weighted by Gasteiger charge is 2.32. The van der Waals surface area contributed by atoms with Gasteiger partial charge in [0, 0.05) is 30.3 Å². The van der Waals surface area contributed by atoms with Crippen LogP contribution in [0.5, 0.6) is 0 Å². The predicted octanol–water partition coefficient (Wildman–Crippen LogP) is 2.73. The first-order chi connectivity index (χ1) is 15.8. The van der Waals surface area contributed by atoms with E-state index in [0.717, 1.165) is 5.01 Å². The average Bonchev–Trinajstić information content (AvgIpc) is 3.18. The Bertz CT molecular complexity index is 1110. The van der Waals surface area contributed by atoms with Gasteiger partial charge < -0.3 is 20.2 Å². The molecule has 3 heterocycles. The van der Waals surface area contributed by atoms with Gasteiger partial charge in [0.05, 0.1) is 18.8 Å². The fourth-order valence-corrected chi connectivity index (χ4v) is 3.65. The lowest BCUT2D eigenvalue weighted by molar-refractivity contribution is -0.117. The molecular weight excluding hydrogens is 431 g/mol. The van der Waals surface area contributed by atoms with Crippen molar-refractivity contribution in [2.45, 2.75) is 25.9 Å². The number of nitrogens with two attached hydrogens (primary N) is 1. The number of carbonyl (C=O) groups is 3. The van der Waals surface area contributed by atoms with E-state index in [2.05, 4.69) is 10.1 Å². The first kappa shape index (κ1) is 22.2. The summed E-state index contributed by atoms with van der Waals surface area (Å²) in [6.07, 6.45) is 2.83. The Kier molecular flexibility index (Phi) is 6.20. The number of pyridine rings is 1. The summed E-state index contributed by atoms with van der Waals surface area (Å²) < 4.78 is 20.2. The Balaban J connectivity index is 1.45. The molecule has 172 valence electrons. The highest BCUT2D eigenvalue weighted by Crippen LogP contribution is 2.30. The molecule has 0 radical (unpaired) electrons. The van der Waals surface area contributed by atoms with Gasteiger partial charge >= 0.3 is 12.1 Å². The summed E-state index contributed by atoms with van der Waals surface area (Å²) >= 11 is 0. The normalized spacial score (nSPS) is 17.9. The molecule has 2 N–H and O–H groups in total. The van der Waals surface area contributed by atoms with Crippen LogP contribution in [0.1, 0.15) is 19.8 Å². The number of urea groups is 1. The van der Waals surface area contributed by atoms with Crippen molar-refractivity contribution in [3.63, 3.8) is 0 Å². The number of primary amides is 1. The molecule has 0 spiro atoms. The van der Waals surface area contributed by atoms with Crippen LogP contribution >= 0.6 is 0 Å². The van der Waals surface area contributed by atoms with Crippen LogP contribution in [-0.2, 0) is 9.53 Å². The number of carbonyl (C=O) groups excluding carboxylic acids is 3. The minimum absolute atomic E-state index is 0.0275. The Hall–Kier alpha value is -4.02. The third kappa shape index (κ3) is 4.92. The molecule has 0 unspecified atom stereocenters. The highest BCUT2D eigenvalue weighted by atomic mass is 19.1. The number of amides is 3. The second-order valence-electron chi connectivity index (χ2n) is 7.81. The van der Waals surface area contributed by atoms with Crippen molar-refractivity contribution in [1.82, 2.24) is 9.99 Å². The van der Waals surface area contributed by atoms with E-state index in [9.17, 15) is 18.8 Å². The van der Waals surface area contributed by atoms with E-state index in [4.69, 9.17) is 10.5 Å². The molecule has 0 aliphatic carbocycles. The van der Waals surface area contributed by atoms with Crippen molar-refractivity contribution in [3.05, 3.63) is 42.3 Å². The fourth-order valence-electron chi connectivity index (χ4n) is 3.65. The molecule has 2 aliphatic rings. The molecule has 1 aromatic heterocycles. The summed E-state index contributed by atoms with van der Waals surface area (Å²) in [6.45, 7) is 2.56. The number of halogens is 1. The summed E-state index contributed by atoms with van der Waals surface area (Å²) in [5, 5.41) is 5.12. The summed E-state index contributed by atoms with van der Waals surface area (Å²) in [4.78, 5) is 42.0. The average molecular weight is 454 g/mol. The van der Waals surface area contributed by atoms with Gasteiger partial charge in [0.25, 0.3) is 0 Å². The highest BCUT2D eigenvalue weighted by molar-refractivity contribution is 5.90. The van der Waals surface area contributed by atoms with Crippen LogP contribution < -0.4 is 15.5 Å². The number of ketones is 1. The van der Waals surface area contributed by atoms with Gasteiger partial charge in [0.1, 0.15) is 29.9 Å². The second kappa shape index (κ2) is 9.23. The summed E-state index contributed by atoms with van der Waals surface area (Å²) in [6, 6.07) is 7.36. The fraction of sp³-hybridized carbons (Fsp3) is 0.318. The minimum atomic E-state index is -0.623. The number of anilines is 2. The summed E-state index contributed by atoms with van der Waals surface area (Å²) in [5.41, 5.74) is 6.50. The standard InChI is InChI=1S/C22H23FN6O4/c1-14(30)2-5-17-12-28(22(32)33-17)16-4-6-18(19(23)10-16)15-3-7-20(25-11-15)27-8-9-29(21(24)31)26-13-27/h3-4,6-7,10-11,13,17H,2,5,8-9,12H2,1H3,(H2,24,31)/t17-/m0/s1. The van der Waals surface area contributed by atoms with E-state index in [1.807, 2.05) is 0 Å². The molecule has 3 amide bonds. The first-order valence-corrected chi connectivity index (χ1v) is 10.4. The molecular formula is C22H23FN6O4. The lowest BCUT2D eigenvalue weighted by atomic mass is 10.1. The summed E-state index contributed by atoms with van der Waals surface area (Å²) in [5.74, 6) is 0.124. The Morgan fingerprint density at radius 1 is 1.24 bits per heavy atom. The third-order valence-electron chi connectivity index (χ3n) is 5.45. The van der Waals surface area contributed by atoms with Crippen LogP contribution in [-0.4, -0.2) is 60.0 Å². The van der Waals surface area contributed by atoms with E-state index in [0.29, 0.717) is 48.6 Å². The number of hydrogen-bond acceptors (Lipinski definition) is 7. The molecule has 1 fully saturated rings. The maximum atomic E-state index is 14.9. The molecule has 4 rings (SSSR count). The maximum absolute atomic E-state index is 14.9. The SMILES string of the molecule is CC(=O)CC[C@H]1CN(c2ccc(-c3ccc(N4C=NN(C(N)=O)CC4)nc3)c(F)c2)C(=O)O1. The van der Waals surface area contributed by atoms with Crippen LogP contribution in [0, 0.1) is 5.82 Å². The molecule has 11 heteroatoms. The molecule has 2 aliphatic heterocycles. The number of hydrazone groups is 1. The molecule has 1 atom stereocenters. The summed E-state index contributed by atoms with van der Waals surface area (Å²) in [7, 11) is 0. The number of ether oxygens (including phenoxy) is 1. The predicted molar refractivity (Wildman–Crippen MR) is 119 cm³/mol. The quantitative estimate of drug-likeness (QED) is 0.716. The Labute approximate surface area is 189 Å². The molecule has 10 nitrogen and oxygen atoms in total. The van der Waals surface area contributed by atoms with E-state index in [1.165, 1.54) is 24.2 Å².